The van der Waals surface area contributed by atoms with Crippen LogP contribution in [-0.2, 0) is 0 Å². The van der Waals surface area contributed by atoms with Gasteiger partial charge in [0.25, 0.3) is 0 Å². The van der Waals surface area contributed by atoms with Gasteiger partial charge in [-0.25, -0.2) is 8.78 Å². The van der Waals surface area contributed by atoms with E-state index in [2.05, 4.69) is 11.8 Å². The van der Waals surface area contributed by atoms with Gasteiger partial charge >= 0.3 is 0 Å². The maximum Gasteiger partial charge on any atom is 0.130 e. The summed E-state index contributed by atoms with van der Waals surface area (Å²) < 4.78 is 26.5. The van der Waals surface area contributed by atoms with E-state index < -0.39 is 11.6 Å². The number of hydrogen-bond donors (Lipinski definition) is 0. The van der Waals surface area contributed by atoms with Gasteiger partial charge in [-0.15, -0.1) is 0 Å². The Bertz CT molecular complexity index is 566. The van der Waals surface area contributed by atoms with E-state index in [4.69, 9.17) is 0 Å². The van der Waals surface area contributed by atoms with Gasteiger partial charge in [-0.1, -0.05) is 30.0 Å². The van der Waals surface area contributed by atoms with E-state index in [1.165, 1.54) is 19.1 Å². The van der Waals surface area contributed by atoms with Crippen molar-refractivity contribution < 1.29 is 8.78 Å². The fourth-order valence-electron chi connectivity index (χ4n) is 1.38. The average Bonchev–Trinajstić information content (AvgIpc) is 2.34. The standard InChI is InChI=1S/C15H10F2/c1-11-14(16)9-13(10-15(11)17)8-7-12-5-3-2-4-6-12/h2-6,9-10H,1H3. The summed E-state index contributed by atoms with van der Waals surface area (Å²) in [5.74, 6) is 4.46. The Hall–Kier alpha value is -2.14. The third-order valence-corrected chi connectivity index (χ3v) is 2.41. The Labute approximate surface area is 98.9 Å². The van der Waals surface area contributed by atoms with Crippen molar-refractivity contribution in [3.05, 3.63) is 70.8 Å². The topological polar surface area (TPSA) is 0 Å². The van der Waals surface area contributed by atoms with Crippen LogP contribution in [0.2, 0.25) is 0 Å². The summed E-state index contributed by atoms with van der Waals surface area (Å²) in [6, 6.07) is 11.8. The zero-order valence-electron chi connectivity index (χ0n) is 9.30. The molecule has 17 heavy (non-hydrogen) atoms. The van der Waals surface area contributed by atoms with E-state index in [0.717, 1.165) is 5.56 Å². The lowest BCUT2D eigenvalue weighted by Crippen LogP contribution is -1.90. The lowest BCUT2D eigenvalue weighted by Gasteiger charge is -1.98. The van der Waals surface area contributed by atoms with Gasteiger partial charge in [0.2, 0.25) is 0 Å². The summed E-state index contributed by atoms with van der Waals surface area (Å²) in [6.07, 6.45) is 0. The fraction of sp³-hybridized carbons (Fsp3) is 0.0667. The summed E-state index contributed by atoms with van der Waals surface area (Å²) in [5.41, 5.74) is 1.18. The molecule has 0 aliphatic heterocycles. The highest BCUT2D eigenvalue weighted by Crippen LogP contribution is 2.13. The smallest absolute Gasteiger partial charge is 0.130 e. The highest BCUT2D eigenvalue weighted by atomic mass is 19.1. The van der Waals surface area contributed by atoms with Crippen LogP contribution in [0, 0.1) is 30.4 Å². The zero-order valence-corrected chi connectivity index (χ0v) is 9.30. The molecule has 0 aromatic heterocycles. The van der Waals surface area contributed by atoms with E-state index in [-0.39, 0.29) is 5.56 Å². The SMILES string of the molecule is Cc1c(F)cc(C#Cc2ccccc2)cc1F. The number of rotatable bonds is 0. The van der Waals surface area contributed by atoms with Crippen molar-refractivity contribution in [1.82, 2.24) is 0 Å². The molecule has 0 bridgehead atoms. The highest BCUT2D eigenvalue weighted by molar-refractivity contribution is 5.43. The van der Waals surface area contributed by atoms with Gasteiger partial charge in [0.1, 0.15) is 11.6 Å². The van der Waals surface area contributed by atoms with E-state index in [0.29, 0.717) is 5.56 Å². The largest absolute Gasteiger partial charge is 0.207 e. The molecule has 0 spiro atoms. The molecule has 0 nitrogen and oxygen atoms in total. The second kappa shape index (κ2) is 4.80. The van der Waals surface area contributed by atoms with Crippen molar-refractivity contribution in [2.75, 3.05) is 0 Å². The summed E-state index contributed by atoms with van der Waals surface area (Å²) in [4.78, 5) is 0. The van der Waals surface area contributed by atoms with Crippen LogP contribution in [0.4, 0.5) is 8.78 Å². The highest BCUT2D eigenvalue weighted by Gasteiger charge is 2.04. The second-order valence-electron chi connectivity index (χ2n) is 3.68. The first-order valence-corrected chi connectivity index (χ1v) is 5.19. The molecule has 2 aromatic rings. The number of halogens is 2. The first-order valence-electron chi connectivity index (χ1n) is 5.19. The van der Waals surface area contributed by atoms with E-state index >= 15 is 0 Å². The molecule has 0 unspecified atom stereocenters. The van der Waals surface area contributed by atoms with Crippen LogP contribution < -0.4 is 0 Å². The minimum Gasteiger partial charge on any atom is -0.207 e. The Morgan fingerprint density at radius 1 is 0.824 bits per heavy atom. The van der Waals surface area contributed by atoms with Crippen molar-refractivity contribution in [3.8, 4) is 11.8 Å². The molecular weight excluding hydrogens is 218 g/mol. The predicted octanol–water partition coefficient (Wildman–Crippen LogP) is 3.67. The van der Waals surface area contributed by atoms with Gasteiger partial charge in [0.05, 0.1) is 0 Å². The summed E-state index contributed by atoms with van der Waals surface area (Å²) in [7, 11) is 0. The first-order chi connectivity index (χ1) is 8.16. The van der Waals surface area contributed by atoms with E-state index in [1.54, 1.807) is 0 Å². The molecule has 0 saturated heterocycles. The van der Waals surface area contributed by atoms with Crippen LogP contribution in [0.25, 0.3) is 0 Å². The lowest BCUT2D eigenvalue weighted by molar-refractivity contribution is 0.567. The summed E-state index contributed by atoms with van der Waals surface area (Å²) >= 11 is 0. The molecule has 0 heterocycles. The molecule has 0 fully saturated rings. The van der Waals surface area contributed by atoms with Gasteiger partial charge in [-0.05, 0) is 31.2 Å². The van der Waals surface area contributed by atoms with Crippen LogP contribution in [-0.4, -0.2) is 0 Å². The maximum absolute atomic E-state index is 13.3. The predicted molar refractivity (Wildman–Crippen MR) is 63.5 cm³/mol. The number of benzene rings is 2. The van der Waals surface area contributed by atoms with Gasteiger partial charge in [0.15, 0.2) is 0 Å². The van der Waals surface area contributed by atoms with Crippen molar-refractivity contribution in [2.45, 2.75) is 6.92 Å². The minimum absolute atomic E-state index is 0.0234. The molecule has 0 N–H and O–H groups in total. The normalized spacial score (nSPS) is 9.59. The molecule has 0 aliphatic rings. The quantitative estimate of drug-likeness (QED) is 0.603. The molecule has 2 heteroatoms. The van der Waals surface area contributed by atoms with Gasteiger partial charge in [-0.2, -0.15) is 0 Å². The van der Waals surface area contributed by atoms with Crippen LogP contribution >= 0.6 is 0 Å². The third-order valence-electron chi connectivity index (χ3n) is 2.41. The molecule has 0 aliphatic carbocycles. The second-order valence-corrected chi connectivity index (χ2v) is 3.68. The fourth-order valence-corrected chi connectivity index (χ4v) is 1.38. The van der Waals surface area contributed by atoms with Crippen molar-refractivity contribution >= 4 is 0 Å². The first kappa shape index (κ1) is 11.3. The van der Waals surface area contributed by atoms with Crippen molar-refractivity contribution in [3.63, 3.8) is 0 Å². The number of hydrogen-bond acceptors (Lipinski definition) is 0. The average molecular weight is 228 g/mol. The Balaban J connectivity index is 2.35. The molecule has 84 valence electrons. The molecule has 0 atom stereocenters. The maximum atomic E-state index is 13.3. The van der Waals surface area contributed by atoms with Crippen molar-refractivity contribution in [2.24, 2.45) is 0 Å². The molecular formula is C15H10F2. The Morgan fingerprint density at radius 2 is 1.35 bits per heavy atom. The minimum atomic E-state index is -0.567. The lowest BCUT2D eigenvalue weighted by atomic mass is 10.1. The molecule has 2 aromatic carbocycles. The van der Waals surface area contributed by atoms with Crippen LogP contribution in [0.3, 0.4) is 0 Å². The van der Waals surface area contributed by atoms with Crippen LogP contribution in [0.5, 0.6) is 0 Å². The van der Waals surface area contributed by atoms with E-state index in [9.17, 15) is 8.78 Å². The van der Waals surface area contributed by atoms with Crippen LogP contribution in [0.15, 0.2) is 42.5 Å². The van der Waals surface area contributed by atoms with Gasteiger partial charge < -0.3 is 0 Å². The molecule has 0 radical (unpaired) electrons. The molecule has 0 saturated carbocycles. The summed E-state index contributed by atoms with van der Waals surface area (Å²) in [6.45, 7) is 1.40. The summed E-state index contributed by atoms with van der Waals surface area (Å²) in [5, 5.41) is 0. The molecule has 0 amide bonds. The monoisotopic (exact) mass is 228 g/mol. The molecule has 2 rings (SSSR count). The zero-order chi connectivity index (χ0) is 12.3. The van der Waals surface area contributed by atoms with Gasteiger partial charge in [0, 0.05) is 16.7 Å². The van der Waals surface area contributed by atoms with Crippen LogP contribution in [0.1, 0.15) is 16.7 Å². The Kier molecular flexibility index (Phi) is 3.20. The third kappa shape index (κ3) is 2.70. The van der Waals surface area contributed by atoms with Gasteiger partial charge in [-0.3, -0.25) is 0 Å². The van der Waals surface area contributed by atoms with E-state index in [1.807, 2.05) is 30.3 Å². The Morgan fingerprint density at radius 3 is 1.94 bits per heavy atom. The van der Waals surface area contributed by atoms with Crippen molar-refractivity contribution in [1.29, 1.82) is 0 Å².